The van der Waals surface area contributed by atoms with Crippen LogP contribution in [0.15, 0.2) is 24.4 Å². The summed E-state index contributed by atoms with van der Waals surface area (Å²) in [5.41, 5.74) is -0.0301. The number of carboxylic acid groups (broad SMARTS) is 1. The molecule has 1 aromatic heterocycles. The number of pyridine rings is 1. The van der Waals surface area contributed by atoms with Crippen molar-refractivity contribution < 1.29 is 59.3 Å². The molecule has 0 amide bonds. The summed E-state index contributed by atoms with van der Waals surface area (Å²) in [6, 6.07) is 4.62. The van der Waals surface area contributed by atoms with E-state index in [2.05, 4.69) is 4.98 Å². The largest absolute Gasteiger partial charge is 3.00 e. The van der Waals surface area contributed by atoms with Crippen molar-refractivity contribution in [2.75, 3.05) is 0 Å². The molecular formula is C6H4EuNO2+2. The summed E-state index contributed by atoms with van der Waals surface area (Å²) in [5.74, 6) is -1.24. The van der Waals surface area contributed by atoms with E-state index in [1.165, 1.54) is 12.3 Å². The van der Waals surface area contributed by atoms with Gasteiger partial charge in [0.1, 0.15) is 0 Å². The van der Waals surface area contributed by atoms with Crippen molar-refractivity contribution >= 4 is 5.97 Å². The fourth-order valence-corrected chi connectivity index (χ4v) is 0.484. The topological polar surface area (TPSA) is 53.0 Å². The van der Waals surface area contributed by atoms with Crippen LogP contribution >= 0.6 is 0 Å². The van der Waals surface area contributed by atoms with Crippen molar-refractivity contribution in [3.05, 3.63) is 30.1 Å². The van der Waals surface area contributed by atoms with Crippen molar-refractivity contribution in [3.63, 3.8) is 0 Å². The fraction of sp³-hybridized carbons (Fsp3) is 0. The van der Waals surface area contributed by atoms with Gasteiger partial charge in [-0.05, 0) is 12.1 Å². The molecule has 0 aliphatic carbocycles. The molecule has 10 heavy (non-hydrogen) atoms. The Morgan fingerprint density at radius 3 is 2.50 bits per heavy atom. The Balaban J connectivity index is 0.000000810. The molecule has 3 nitrogen and oxygen atoms in total. The zero-order valence-electron chi connectivity index (χ0n) is 4.95. The third kappa shape index (κ3) is 2.86. The average molecular weight is 274 g/mol. The van der Waals surface area contributed by atoms with Crippen molar-refractivity contribution in [2.45, 2.75) is 0 Å². The maximum Gasteiger partial charge on any atom is 3.00 e. The summed E-state index contributed by atoms with van der Waals surface area (Å²) in [6.07, 6.45) is 1.41. The van der Waals surface area contributed by atoms with E-state index in [1.807, 2.05) is 0 Å². The molecule has 0 aliphatic rings. The van der Waals surface area contributed by atoms with Crippen molar-refractivity contribution in [1.29, 1.82) is 0 Å². The third-order valence-electron chi connectivity index (χ3n) is 0.874. The van der Waals surface area contributed by atoms with Gasteiger partial charge in [0.05, 0.1) is 11.7 Å². The Morgan fingerprint density at radius 1 is 1.50 bits per heavy atom. The SMILES string of the molecule is O=C([O-])c1ccccn1.[Eu+3]. The van der Waals surface area contributed by atoms with Gasteiger partial charge in [-0.3, -0.25) is 4.98 Å². The zero-order valence-corrected chi connectivity index (χ0v) is 7.38. The standard InChI is InChI=1S/C6H5NO2.Eu/c8-6(9)5-3-1-2-4-7-5;/h1-4H,(H,8,9);/q;+3/p-1. The second-order valence-corrected chi connectivity index (χ2v) is 1.50. The van der Waals surface area contributed by atoms with E-state index < -0.39 is 5.97 Å². The minimum absolute atomic E-state index is 0. The normalized spacial score (nSPS) is 8.00. The van der Waals surface area contributed by atoms with Crippen LogP contribution in [0.2, 0.25) is 0 Å². The first-order chi connectivity index (χ1) is 4.30. The number of hydrogen-bond acceptors (Lipinski definition) is 3. The van der Waals surface area contributed by atoms with E-state index in [0.29, 0.717) is 0 Å². The van der Waals surface area contributed by atoms with Crippen LogP contribution in [0.5, 0.6) is 0 Å². The molecule has 0 aliphatic heterocycles. The Hall–Kier alpha value is 0.204. The zero-order chi connectivity index (χ0) is 6.69. The molecule has 0 N–H and O–H groups in total. The van der Waals surface area contributed by atoms with Gasteiger partial charge in [0, 0.05) is 6.20 Å². The van der Waals surface area contributed by atoms with E-state index in [0.717, 1.165) is 0 Å². The van der Waals surface area contributed by atoms with E-state index in [1.54, 1.807) is 12.1 Å². The molecule has 0 radical (unpaired) electrons. The minimum atomic E-state index is -1.24. The molecule has 50 valence electrons. The fourth-order valence-electron chi connectivity index (χ4n) is 0.484. The first kappa shape index (κ1) is 10.2. The summed E-state index contributed by atoms with van der Waals surface area (Å²) in [4.78, 5) is 13.5. The van der Waals surface area contributed by atoms with Crippen LogP contribution in [0.3, 0.4) is 0 Å². The van der Waals surface area contributed by atoms with Crippen molar-refractivity contribution in [1.82, 2.24) is 4.98 Å². The molecule has 0 unspecified atom stereocenters. The van der Waals surface area contributed by atoms with Crippen LogP contribution in [0, 0.1) is 49.4 Å². The van der Waals surface area contributed by atoms with E-state index >= 15 is 0 Å². The summed E-state index contributed by atoms with van der Waals surface area (Å²) in [7, 11) is 0. The Morgan fingerprint density at radius 2 is 2.20 bits per heavy atom. The number of hydrogen-bond donors (Lipinski definition) is 0. The molecule has 0 atom stereocenters. The Bertz CT molecular complexity index is 212. The maximum atomic E-state index is 10.0. The molecule has 1 rings (SSSR count). The predicted molar refractivity (Wildman–Crippen MR) is 28.6 cm³/mol. The van der Waals surface area contributed by atoms with Gasteiger partial charge in [-0.25, -0.2) is 0 Å². The monoisotopic (exact) mass is 275 g/mol. The Labute approximate surface area is 99.0 Å². The van der Waals surface area contributed by atoms with E-state index in [9.17, 15) is 9.90 Å². The first-order valence-corrected chi connectivity index (χ1v) is 2.43. The summed E-state index contributed by atoms with van der Waals surface area (Å²) >= 11 is 0. The predicted octanol–water partition coefficient (Wildman–Crippen LogP) is -0.555. The second kappa shape index (κ2) is 4.94. The van der Waals surface area contributed by atoms with E-state index in [4.69, 9.17) is 0 Å². The number of nitrogens with zero attached hydrogens (tertiary/aromatic N) is 1. The number of rotatable bonds is 1. The van der Waals surface area contributed by atoms with Gasteiger partial charge in [-0.1, -0.05) is 6.07 Å². The molecule has 0 saturated heterocycles. The van der Waals surface area contributed by atoms with E-state index in [-0.39, 0.29) is 55.1 Å². The van der Waals surface area contributed by atoms with Gasteiger partial charge in [0.2, 0.25) is 0 Å². The molecule has 1 aromatic rings. The quantitative estimate of drug-likeness (QED) is 0.690. The summed E-state index contributed by atoms with van der Waals surface area (Å²) in [6.45, 7) is 0. The molecule has 0 bridgehead atoms. The van der Waals surface area contributed by atoms with Crippen molar-refractivity contribution in [3.8, 4) is 0 Å². The number of carbonyl (C=O) groups is 1. The number of carboxylic acids is 1. The van der Waals surface area contributed by atoms with Gasteiger partial charge >= 0.3 is 49.4 Å². The van der Waals surface area contributed by atoms with Gasteiger partial charge in [-0.15, -0.1) is 0 Å². The third-order valence-corrected chi connectivity index (χ3v) is 0.874. The number of carbonyl (C=O) groups excluding carboxylic acids is 1. The maximum absolute atomic E-state index is 10.0. The number of aromatic carboxylic acids is 1. The van der Waals surface area contributed by atoms with Crippen LogP contribution in [0.4, 0.5) is 0 Å². The average Bonchev–Trinajstić information content (AvgIpc) is 1.90. The van der Waals surface area contributed by atoms with Gasteiger partial charge in [0.15, 0.2) is 0 Å². The Kier molecular flexibility index (Phi) is 5.04. The smallest absolute Gasteiger partial charge is 0.543 e. The molecular weight excluding hydrogens is 270 g/mol. The first-order valence-electron chi connectivity index (χ1n) is 2.43. The molecule has 0 spiro atoms. The van der Waals surface area contributed by atoms with Gasteiger partial charge in [0.25, 0.3) is 0 Å². The van der Waals surface area contributed by atoms with Gasteiger partial charge in [-0.2, -0.15) is 0 Å². The second-order valence-electron chi connectivity index (χ2n) is 1.50. The van der Waals surface area contributed by atoms with Crippen LogP contribution < -0.4 is 5.11 Å². The van der Waals surface area contributed by atoms with Crippen LogP contribution in [-0.4, -0.2) is 11.0 Å². The summed E-state index contributed by atoms with van der Waals surface area (Å²) < 4.78 is 0. The molecule has 0 aromatic carbocycles. The van der Waals surface area contributed by atoms with Crippen LogP contribution in [-0.2, 0) is 0 Å². The number of aromatic nitrogens is 1. The van der Waals surface area contributed by atoms with Crippen molar-refractivity contribution in [2.24, 2.45) is 0 Å². The van der Waals surface area contributed by atoms with Gasteiger partial charge < -0.3 is 9.90 Å². The molecule has 4 heteroatoms. The summed E-state index contributed by atoms with van der Waals surface area (Å²) in [5, 5.41) is 10.0. The minimum Gasteiger partial charge on any atom is -0.543 e. The molecule has 0 fully saturated rings. The molecule has 1 heterocycles. The van der Waals surface area contributed by atoms with Crippen LogP contribution in [0.25, 0.3) is 0 Å². The molecule has 0 saturated carbocycles. The van der Waals surface area contributed by atoms with Crippen LogP contribution in [0.1, 0.15) is 10.5 Å².